The fourth-order valence-corrected chi connectivity index (χ4v) is 5.26. The van der Waals surface area contributed by atoms with Crippen LogP contribution in [-0.4, -0.2) is 31.5 Å². The van der Waals surface area contributed by atoms with Crippen LogP contribution in [0.2, 0.25) is 10.0 Å². The number of carbonyl (C=O) groups excluding carboxylic acids is 1. The van der Waals surface area contributed by atoms with Crippen LogP contribution in [0, 0.1) is 19.3 Å². The van der Waals surface area contributed by atoms with Crippen LogP contribution in [0.5, 0.6) is 0 Å². The summed E-state index contributed by atoms with van der Waals surface area (Å²) in [6.07, 6.45) is 1.69. The first-order valence-electron chi connectivity index (χ1n) is 10.0. The largest absolute Gasteiger partial charge is 0.318 e. The van der Waals surface area contributed by atoms with E-state index in [4.69, 9.17) is 28.6 Å². The molecule has 0 unspecified atom stereocenters. The zero-order chi connectivity index (χ0) is 23.3. The van der Waals surface area contributed by atoms with Crippen LogP contribution in [0.25, 0.3) is 11.8 Å². The predicted molar refractivity (Wildman–Crippen MR) is 136 cm³/mol. The first kappa shape index (κ1) is 21.7. The lowest BCUT2D eigenvalue weighted by atomic mass is 10.1. The number of hydrazone groups is 1. The van der Waals surface area contributed by atoms with Crippen LogP contribution in [0.1, 0.15) is 22.5 Å². The van der Waals surface area contributed by atoms with Gasteiger partial charge in [0.1, 0.15) is 5.04 Å². The van der Waals surface area contributed by atoms with Gasteiger partial charge in [0, 0.05) is 32.7 Å². The minimum absolute atomic E-state index is 0.000894. The summed E-state index contributed by atoms with van der Waals surface area (Å²) in [5, 5.41) is 16.8. The van der Waals surface area contributed by atoms with Gasteiger partial charge in [-0.2, -0.15) is 15.1 Å². The van der Waals surface area contributed by atoms with Gasteiger partial charge in [-0.05, 0) is 61.5 Å². The Morgan fingerprint density at radius 2 is 1.73 bits per heavy atom. The number of benzene rings is 2. The summed E-state index contributed by atoms with van der Waals surface area (Å²) in [6, 6.07) is 16.9. The molecule has 0 atom stereocenters. The average Bonchev–Trinajstić information content (AvgIpc) is 3.31. The summed E-state index contributed by atoms with van der Waals surface area (Å²) in [6.45, 7) is 3.90. The van der Waals surface area contributed by atoms with Gasteiger partial charge in [-0.25, -0.2) is 0 Å². The fourth-order valence-electron chi connectivity index (χ4n) is 3.84. The Labute approximate surface area is 204 Å². The maximum Gasteiger partial charge on any atom is 0.283 e. The molecule has 0 spiro atoms. The van der Waals surface area contributed by atoms with Crippen molar-refractivity contribution in [3.8, 4) is 5.69 Å². The number of nitrogens with zero attached hydrogens (tertiary/aromatic N) is 4. The van der Waals surface area contributed by atoms with E-state index in [9.17, 15) is 4.79 Å². The van der Waals surface area contributed by atoms with E-state index < -0.39 is 5.91 Å². The highest BCUT2D eigenvalue weighted by molar-refractivity contribution is 8.27. The highest BCUT2D eigenvalue weighted by atomic mass is 35.5. The second kappa shape index (κ2) is 8.33. The number of amides is 1. The zero-order valence-electron chi connectivity index (χ0n) is 17.6. The predicted octanol–water partition coefficient (Wildman–Crippen LogP) is 6.07. The van der Waals surface area contributed by atoms with Gasteiger partial charge in [0.25, 0.3) is 5.91 Å². The van der Waals surface area contributed by atoms with Gasteiger partial charge in [-0.15, -0.1) is 0 Å². The maximum absolute atomic E-state index is 12.8. The summed E-state index contributed by atoms with van der Waals surface area (Å²) < 4.78 is 2.01. The number of nitrogens with one attached hydrogen (secondary N) is 1. The van der Waals surface area contributed by atoms with Crippen LogP contribution < -0.4 is 0 Å². The van der Waals surface area contributed by atoms with Crippen LogP contribution in [0.4, 0.5) is 0 Å². The smallest absolute Gasteiger partial charge is 0.283 e. The molecule has 1 amide bonds. The van der Waals surface area contributed by atoms with Crippen molar-refractivity contribution in [1.29, 1.82) is 5.41 Å². The molecule has 33 heavy (non-hydrogen) atoms. The normalized spacial score (nSPS) is 16.8. The first-order valence-corrected chi connectivity index (χ1v) is 11.6. The number of amidine groups is 2. The van der Waals surface area contributed by atoms with Crippen molar-refractivity contribution in [2.45, 2.75) is 13.8 Å². The molecule has 164 valence electrons. The molecule has 2 aliphatic rings. The van der Waals surface area contributed by atoms with Crippen molar-refractivity contribution in [3.63, 3.8) is 0 Å². The van der Waals surface area contributed by atoms with E-state index >= 15 is 0 Å². The average molecular weight is 494 g/mol. The minimum atomic E-state index is -0.459. The maximum atomic E-state index is 12.8. The van der Waals surface area contributed by atoms with E-state index in [1.54, 1.807) is 12.1 Å². The molecule has 2 aromatic carbocycles. The van der Waals surface area contributed by atoms with Crippen molar-refractivity contribution < 1.29 is 4.79 Å². The minimum Gasteiger partial charge on any atom is -0.318 e. The molecule has 5 rings (SSSR count). The summed E-state index contributed by atoms with van der Waals surface area (Å²) >= 11 is 13.7. The van der Waals surface area contributed by atoms with Gasteiger partial charge < -0.3 is 4.57 Å². The second-order valence-electron chi connectivity index (χ2n) is 7.58. The van der Waals surface area contributed by atoms with Crippen LogP contribution >= 0.6 is 35.0 Å². The monoisotopic (exact) mass is 493 g/mol. The molecule has 1 N–H and O–H groups in total. The van der Waals surface area contributed by atoms with Gasteiger partial charge in [0.15, 0.2) is 5.84 Å². The number of hydrogen-bond acceptors (Lipinski definition) is 4. The van der Waals surface area contributed by atoms with Crippen molar-refractivity contribution in [1.82, 2.24) is 9.58 Å². The third-order valence-electron chi connectivity index (χ3n) is 5.35. The summed E-state index contributed by atoms with van der Waals surface area (Å²) in [4.78, 5) is 17.0. The Bertz CT molecular complexity index is 1400. The van der Waals surface area contributed by atoms with Crippen molar-refractivity contribution in [2.24, 2.45) is 10.1 Å². The van der Waals surface area contributed by atoms with Gasteiger partial charge in [-0.3, -0.25) is 10.2 Å². The molecule has 0 fully saturated rings. The lowest BCUT2D eigenvalue weighted by molar-refractivity contribution is -0.114. The molecule has 9 heteroatoms. The standard InChI is InChI=1S/C24H17Cl2N5OS/c1-13-8-16(14(2)30(13)19-11-17(25)10-18(26)12-19)9-20-21(27)31-24(28-22(20)32)33-23(29-31)15-6-4-3-5-7-15/h3-12,27H,1-2H3/b20-9+,27-21?. The van der Waals surface area contributed by atoms with Gasteiger partial charge in [0.05, 0.1) is 5.57 Å². The highest BCUT2D eigenvalue weighted by Crippen LogP contribution is 2.32. The van der Waals surface area contributed by atoms with E-state index in [0.717, 1.165) is 28.2 Å². The van der Waals surface area contributed by atoms with Crippen LogP contribution in [-0.2, 0) is 4.79 Å². The van der Waals surface area contributed by atoms with Gasteiger partial charge in [-0.1, -0.05) is 53.5 Å². The lowest BCUT2D eigenvalue weighted by Crippen LogP contribution is -2.35. The number of aryl methyl sites for hydroxylation is 1. The quantitative estimate of drug-likeness (QED) is 0.450. The van der Waals surface area contributed by atoms with E-state index in [2.05, 4.69) is 10.1 Å². The Hall–Kier alpha value is -3.13. The van der Waals surface area contributed by atoms with Crippen molar-refractivity contribution in [3.05, 3.63) is 92.7 Å². The van der Waals surface area contributed by atoms with E-state index in [1.807, 2.05) is 66.9 Å². The molecule has 0 radical (unpaired) electrons. The molecule has 0 saturated carbocycles. The number of aromatic nitrogens is 1. The molecular weight excluding hydrogens is 477 g/mol. The number of carbonyl (C=O) groups is 1. The molecule has 0 aliphatic carbocycles. The number of hydrogen-bond donors (Lipinski definition) is 1. The van der Waals surface area contributed by atoms with Crippen LogP contribution in [0.15, 0.2) is 70.3 Å². The summed E-state index contributed by atoms with van der Waals surface area (Å²) in [7, 11) is 0. The molecule has 0 saturated heterocycles. The third-order valence-corrected chi connectivity index (χ3v) is 6.74. The molecule has 3 aromatic rings. The molecule has 1 aromatic heterocycles. The molecule has 6 nitrogen and oxygen atoms in total. The molecule has 2 aliphatic heterocycles. The third kappa shape index (κ3) is 3.93. The van der Waals surface area contributed by atoms with Crippen molar-refractivity contribution in [2.75, 3.05) is 0 Å². The Kier molecular flexibility index (Phi) is 5.48. The molecule has 0 bridgehead atoms. The van der Waals surface area contributed by atoms with Gasteiger partial charge >= 0.3 is 0 Å². The topological polar surface area (TPSA) is 73.8 Å². The van der Waals surface area contributed by atoms with E-state index in [-0.39, 0.29) is 11.4 Å². The van der Waals surface area contributed by atoms with Crippen molar-refractivity contribution >= 4 is 63.0 Å². The Morgan fingerprint density at radius 1 is 1.03 bits per heavy atom. The lowest BCUT2D eigenvalue weighted by Gasteiger charge is -2.20. The summed E-state index contributed by atoms with van der Waals surface area (Å²) in [5.41, 5.74) is 4.55. The highest BCUT2D eigenvalue weighted by Gasteiger charge is 2.36. The Morgan fingerprint density at radius 3 is 2.42 bits per heavy atom. The molecular formula is C24H17Cl2N5OS. The number of fused-ring (bicyclic) bond motifs is 1. The second-order valence-corrected chi connectivity index (χ2v) is 9.41. The fraction of sp³-hybridized carbons (Fsp3) is 0.0833. The van der Waals surface area contributed by atoms with Gasteiger partial charge in [0.2, 0.25) is 5.17 Å². The number of aliphatic imine (C=N–C) groups is 1. The van der Waals surface area contributed by atoms with E-state index in [0.29, 0.717) is 20.3 Å². The number of halogens is 2. The SMILES string of the molecule is Cc1cc(/C=C2\C(=N)N3N=C(c4ccccc4)SC3=NC2=O)c(C)n1-c1cc(Cl)cc(Cl)c1. The molecule has 3 heterocycles. The number of rotatable bonds is 3. The van der Waals surface area contributed by atoms with Crippen LogP contribution in [0.3, 0.4) is 0 Å². The zero-order valence-corrected chi connectivity index (χ0v) is 20.0. The van der Waals surface area contributed by atoms with E-state index in [1.165, 1.54) is 16.8 Å². The Balaban J connectivity index is 1.53. The number of thioether (sulfide) groups is 1. The first-order chi connectivity index (χ1) is 15.8. The summed E-state index contributed by atoms with van der Waals surface area (Å²) in [5.74, 6) is -0.460.